The van der Waals surface area contributed by atoms with Gasteiger partial charge in [-0.05, 0) is 50.7 Å². The second-order valence-electron chi connectivity index (χ2n) is 6.81. The smallest absolute Gasteiger partial charge is 0.414 e. The van der Waals surface area contributed by atoms with Crippen LogP contribution in [0, 0.1) is 0 Å². The lowest BCUT2D eigenvalue weighted by Crippen LogP contribution is -2.18. The summed E-state index contributed by atoms with van der Waals surface area (Å²) in [5, 5.41) is 17.5. The highest BCUT2D eigenvalue weighted by atomic mass is 16.4. The number of aliphatic carboxylic acids is 2. The Bertz CT molecular complexity index is 950. The molecule has 6 heteroatoms. The molecule has 0 aliphatic heterocycles. The first-order chi connectivity index (χ1) is 13.4. The number of fused-ring (bicyclic) bond motifs is 3. The largest absolute Gasteiger partial charge is 0.473 e. The molecule has 0 saturated heterocycles. The van der Waals surface area contributed by atoms with Crippen molar-refractivity contribution in [2.75, 3.05) is 13.6 Å². The topological polar surface area (TPSA) is 82.8 Å². The highest BCUT2D eigenvalue weighted by molar-refractivity contribution is 6.27. The van der Waals surface area contributed by atoms with Crippen molar-refractivity contribution in [3.05, 3.63) is 48.0 Å². The molecule has 28 heavy (non-hydrogen) atoms. The van der Waals surface area contributed by atoms with E-state index in [1.807, 2.05) is 0 Å². The molecular formula is C22H28N2O4. The predicted octanol–water partition coefficient (Wildman–Crippen LogP) is 4.20. The number of carboxylic acids is 2. The molecule has 1 aromatic heterocycles. The summed E-state index contributed by atoms with van der Waals surface area (Å²) in [6.07, 6.45) is 2.53. The van der Waals surface area contributed by atoms with E-state index in [9.17, 15) is 0 Å². The van der Waals surface area contributed by atoms with Crippen LogP contribution in [0.3, 0.4) is 0 Å². The van der Waals surface area contributed by atoms with E-state index in [1.165, 1.54) is 46.8 Å². The quantitative estimate of drug-likeness (QED) is 0.622. The van der Waals surface area contributed by atoms with Gasteiger partial charge in [-0.25, -0.2) is 9.59 Å². The van der Waals surface area contributed by atoms with E-state index in [-0.39, 0.29) is 0 Å². The summed E-state index contributed by atoms with van der Waals surface area (Å²) in [4.78, 5) is 20.6. The summed E-state index contributed by atoms with van der Waals surface area (Å²) in [5.41, 5.74) is 4.10. The lowest BCUT2D eigenvalue weighted by atomic mass is 10.1. The average molecular weight is 384 g/mol. The minimum atomic E-state index is -1.82. The van der Waals surface area contributed by atoms with E-state index in [2.05, 4.69) is 72.8 Å². The van der Waals surface area contributed by atoms with Crippen molar-refractivity contribution in [2.45, 2.75) is 39.8 Å². The zero-order valence-electron chi connectivity index (χ0n) is 16.7. The Morgan fingerprint density at radius 2 is 1.61 bits per heavy atom. The zero-order chi connectivity index (χ0) is 20.7. The average Bonchev–Trinajstić information content (AvgIpc) is 3.00. The predicted molar refractivity (Wildman–Crippen MR) is 112 cm³/mol. The van der Waals surface area contributed by atoms with Crippen molar-refractivity contribution in [1.82, 2.24) is 9.47 Å². The van der Waals surface area contributed by atoms with Gasteiger partial charge in [0.2, 0.25) is 0 Å². The Balaban J connectivity index is 0.000000409. The van der Waals surface area contributed by atoms with Crippen molar-refractivity contribution in [3.63, 3.8) is 0 Å². The molecule has 0 radical (unpaired) electrons. The SMILES string of the molecule is CCCCN(C)Cc1ccc2c(c1)c1ccccc1n2CC.O=C(O)C(=O)O. The van der Waals surface area contributed by atoms with Crippen molar-refractivity contribution >= 4 is 33.7 Å². The van der Waals surface area contributed by atoms with E-state index in [1.54, 1.807) is 0 Å². The fourth-order valence-corrected chi connectivity index (χ4v) is 3.36. The number of para-hydroxylation sites is 1. The number of rotatable bonds is 6. The molecule has 0 atom stereocenters. The summed E-state index contributed by atoms with van der Waals surface area (Å²) in [6, 6.07) is 15.7. The van der Waals surface area contributed by atoms with Crippen molar-refractivity contribution in [2.24, 2.45) is 0 Å². The highest BCUT2D eigenvalue weighted by Gasteiger charge is 2.10. The first-order valence-electron chi connectivity index (χ1n) is 9.53. The van der Waals surface area contributed by atoms with Gasteiger partial charge in [0.1, 0.15) is 0 Å². The third-order valence-corrected chi connectivity index (χ3v) is 4.68. The number of nitrogens with zero attached hydrogens (tertiary/aromatic N) is 2. The standard InChI is InChI=1S/C20H26N2.C2H2O4/c1-4-6-13-21(3)15-16-11-12-20-18(14-16)17-9-7-8-10-19(17)22(20)5-2;3-1(4)2(5)6/h7-12,14H,4-6,13,15H2,1-3H3;(H,3,4)(H,5,6). The van der Waals surface area contributed by atoms with Crippen LogP contribution < -0.4 is 0 Å². The Morgan fingerprint density at radius 3 is 2.21 bits per heavy atom. The lowest BCUT2D eigenvalue weighted by molar-refractivity contribution is -0.159. The monoisotopic (exact) mass is 384 g/mol. The maximum atomic E-state index is 9.10. The van der Waals surface area contributed by atoms with Crippen molar-refractivity contribution in [3.8, 4) is 0 Å². The normalized spacial score (nSPS) is 10.9. The second-order valence-corrected chi connectivity index (χ2v) is 6.81. The van der Waals surface area contributed by atoms with Gasteiger partial charge < -0.3 is 19.7 Å². The van der Waals surface area contributed by atoms with E-state index in [0.29, 0.717) is 0 Å². The van der Waals surface area contributed by atoms with Crippen LogP contribution in [0.2, 0.25) is 0 Å². The summed E-state index contributed by atoms with van der Waals surface area (Å²) in [7, 11) is 2.22. The molecule has 2 N–H and O–H groups in total. The van der Waals surface area contributed by atoms with Gasteiger partial charge in [-0.3, -0.25) is 0 Å². The molecule has 2 aromatic carbocycles. The molecule has 150 valence electrons. The Morgan fingerprint density at radius 1 is 0.964 bits per heavy atom. The van der Waals surface area contributed by atoms with Gasteiger partial charge in [0.15, 0.2) is 0 Å². The fourth-order valence-electron chi connectivity index (χ4n) is 3.36. The van der Waals surface area contributed by atoms with Crippen LogP contribution >= 0.6 is 0 Å². The van der Waals surface area contributed by atoms with Gasteiger partial charge in [0.25, 0.3) is 0 Å². The maximum absolute atomic E-state index is 9.10. The molecule has 0 unspecified atom stereocenters. The molecule has 3 aromatic rings. The summed E-state index contributed by atoms with van der Waals surface area (Å²) < 4.78 is 2.41. The van der Waals surface area contributed by atoms with Crippen LogP contribution in [-0.2, 0) is 22.7 Å². The van der Waals surface area contributed by atoms with Gasteiger partial charge in [-0.15, -0.1) is 0 Å². The molecule has 0 spiro atoms. The number of aromatic nitrogens is 1. The zero-order valence-corrected chi connectivity index (χ0v) is 16.7. The lowest BCUT2D eigenvalue weighted by Gasteiger charge is -2.16. The van der Waals surface area contributed by atoms with E-state index < -0.39 is 11.9 Å². The summed E-state index contributed by atoms with van der Waals surface area (Å²) in [5.74, 6) is -3.65. The van der Waals surface area contributed by atoms with Gasteiger partial charge >= 0.3 is 11.9 Å². The number of benzene rings is 2. The summed E-state index contributed by atoms with van der Waals surface area (Å²) in [6.45, 7) is 7.68. The van der Waals surface area contributed by atoms with Gasteiger partial charge in [-0.2, -0.15) is 0 Å². The molecular weight excluding hydrogens is 356 g/mol. The second kappa shape index (κ2) is 9.90. The molecule has 1 heterocycles. The van der Waals surface area contributed by atoms with Crippen LogP contribution in [-0.4, -0.2) is 45.2 Å². The third kappa shape index (κ3) is 5.10. The van der Waals surface area contributed by atoms with Crippen LogP contribution in [0.4, 0.5) is 0 Å². The van der Waals surface area contributed by atoms with E-state index >= 15 is 0 Å². The van der Waals surface area contributed by atoms with Gasteiger partial charge in [0.05, 0.1) is 0 Å². The molecule has 0 aliphatic rings. The molecule has 0 amide bonds. The number of aryl methyl sites for hydroxylation is 1. The van der Waals surface area contributed by atoms with Crippen LogP contribution in [0.5, 0.6) is 0 Å². The van der Waals surface area contributed by atoms with Crippen molar-refractivity contribution in [1.29, 1.82) is 0 Å². The first kappa shape index (κ1) is 21.4. The molecule has 0 bridgehead atoms. The Hall–Kier alpha value is -2.86. The third-order valence-electron chi connectivity index (χ3n) is 4.68. The van der Waals surface area contributed by atoms with Gasteiger partial charge in [0, 0.05) is 34.9 Å². The number of unbranched alkanes of at least 4 members (excludes halogenated alkanes) is 1. The van der Waals surface area contributed by atoms with Crippen LogP contribution in [0.1, 0.15) is 32.3 Å². The summed E-state index contributed by atoms with van der Waals surface area (Å²) >= 11 is 0. The number of hydrogen-bond donors (Lipinski definition) is 2. The molecule has 3 rings (SSSR count). The number of carboxylic acid groups (broad SMARTS) is 2. The van der Waals surface area contributed by atoms with Crippen molar-refractivity contribution < 1.29 is 19.8 Å². The highest BCUT2D eigenvalue weighted by Crippen LogP contribution is 2.29. The number of carbonyl (C=O) groups is 2. The Kier molecular flexibility index (Phi) is 7.58. The van der Waals surface area contributed by atoms with E-state index in [0.717, 1.165) is 13.1 Å². The Labute approximate surface area is 165 Å². The van der Waals surface area contributed by atoms with Crippen LogP contribution in [0.15, 0.2) is 42.5 Å². The molecule has 0 saturated carbocycles. The van der Waals surface area contributed by atoms with Gasteiger partial charge in [-0.1, -0.05) is 37.6 Å². The first-order valence-corrected chi connectivity index (χ1v) is 9.53. The minimum Gasteiger partial charge on any atom is -0.473 e. The molecule has 6 nitrogen and oxygen atoms in total. The molecule has 0 fully saturated rings. The maximum Gasteiger partial charge on any atom is 0.414 e. The minimum absolute atomic E-state index is 1.01. The van der Waals surface area contributed by atoms with E-state index in [4.69, 9.17) is 19.8 Å². The number of hydrogen-bond acceptors (Lipinski definition) is 3. The molecule has 0 aliphatic carbocycles. The fraction of sp³-hybridized carbons (Fsp3) is 0.364. The van der Waals surface area contributed by atoms with Crippen LogP contribution in [0.25, 0.3) is 21.8 Å².